The van der Waals surface area contributed by atoms with Gasteiger partial charge in [0.1, 0.15) is 5.82 Å². The average molecular weight is 277 g/mol. The number of rotatable bonds is 3. The van der Waals surface area contributed by atoms with E-state index in [0.717, 1.165) is 25.2 Å². The third kappa shape index (κ3) is 2.50. The Labute approximate surface area is 118 Å². The molecule has 2 heterocycles. The molecule has 0 bridgehead atoms. The largest absolute Gasteiger partial charge is 0.370 e. The fourth-order valence-corrected chi connectivity index (χ4v) is 3.28. The van der Waals surface area contributed by atoms with Crippen LogP contribution in [0.2, 0.25) is 0 Å². The van der Waals surface area contributed by atoms with E-state index in [1.165, 1.54) is 38.1 Å². The van der Waals surface area contributed by atoms with Crippen LogP contribution in [-0.4, -0.2) is 43.0 Å². The minimum atomic E-state index is -0.717. The van der Waals surface area contributed by atoms with Gasteiger partial charge in [0, 0.05) is 24.8 Å². The minimum absolute atomic E-state index is 0.0379. The second-order valence-corrected chi connectivity index (χ2v) is 5.66. The third-order valence-corrected chi connectivity index (χ3v) is 4.40. The van der Waals surface area contributed by atoms with Crippen LogP contribution in [-0.2, 0) is 0 Å². The number of nitrogens with two attached hydrogens (primary N) is 1. The number of carbonyl (C=O) groups is 1. The van der Waals surface area contributed by atoms with Crippen LogP contribution in [0.25, 0.3) is 0 Å². The first-order valence-electron chi connectivity index (χ1n) is 7.23. The molecular formula is C15H20FN3O. The standard InChI is InChI=1S/C15H20FN3O/c16-14-9-11(3-4-13(14)15(17)20)19-8-5-12(10-19)18-6-1-2-7-18/h3-4,9,12H,1-2,5-8,10H2,(H2,17,20)/t12-/m0/s1. The molecule has 2 N–H and O–H groups in total. The molecule has 0 spiro atoms. The van der Waals surface area contributed by atoms with E-state index in [1.807, 2.05) is 0 Å². The minimum Gasteiger partial charge on any atom is -0.370 e. The Morgan fingerprint density at radius 3 is 2.65 bits per heavy atom. The van der Waals surface area contributed by atoms with Crippen molar-refractivity contribution >= 4 is 11.6 Å². The van der Waals surface area contributed by atoms with Crippen molar-refractivity contribution in [3.05, 3.63) is 29.6 Å². The maximum atomic E-state index is 13.8. The monoisotopic (exact) mass is 277 g/mol. The van der Waals surface area contributed by atoms with Crippen molar-refractivity contribution in [2.75, 3.05) is 31.1 Å². The maximum Gasteiger partial charge on any atom is 0.251 e. The molecular weight excluding hydrogens is 257 g/mol. The van der Waals surface area contributed by atoms with Gasteiger partial charge in [-0.05, 0) is 50.6 Å². The van der Waals surface area contributed by atoms with E-state index in [1.54, 1.807) is 6.07 Å². The van der Waals surface area contributed by atoms with Gasteiger partial charge in [0.05, 0.1) is 5.56 Å². The lowest BCUT2D eigenvalue weighted by Crippen LogP contribution is -2.35. The van der Waals surface area contributed by atoms with Crippen LogP contribution >= 0.6 is 0 Å². The van der Waals surface area contributed by atoms with Crippen LogP contribution in [0.15, 0.2) is 18.2 Å². The lowest BCUT2D eigenvalue weighted by atomic mass is 10.1. The molecule has 1 aromatic rings. The summed E-state index contributed by atoms with van der Waals surface area (Å²) in [6, 6.07) is 5.27. The Morgan fingerprint density at radius 1 is 1.25 bits per heavy atom. The number of benzene rings is 1. The molecule has 1 amide bonds. The molecule has 0 aliphatic carbocycles. The summed E-state index contributed by atoms with van der Waals surface area (Å²) >= 11 is 0. The number of nitrogens with zero attached hydrogens (tertiary/aromatic N) is 2. The van der Waals surface area contributed by atoms with E-state index < -0.39 is 11.7 Å². The Hall–Kier alpha value is -1.62. The smallest absolute Gasteiger partial charge is 0.251 e. The van der Waals surface area contributed by atoms with E-state index in [0.29, 0.717) is 6.04 Å². The Kier molecular flexibility index (Phi) is 3.61. The summed E-state index contributed by atoms with van der Waals surface area (Å²) in [5.41, 5.74) is 5.93. The van der Waals surface area contributed by atoms with Crippen LogP contribution in [0.5, 0.6) is 0 Å². The third-order valence-electron chi connectivity index (χ3n) is 4.40. The average Bonchev–Trinajstić information content (AvgIpc) is 3.09. The van der Waals surface area contributed by atoms with Crippen LogP contribution < -0.4 is 10.6 Å². The number of likely N-dealkylation sites (tertiary alicyclic amines) is 1. The molecule has 0 saturated carbocycles. The molecule has 2 aliphatic heterocycles. The van der Waals surface area contributed by atoms with E-state index in [2.05, 4.69) is 9.80 Å². The van der Waals surface area contributed by atoms with Gasteiger partial charge in [0.25, 0.3) is 5.91 Å². The predicted molar refractivity (Wildman–Crippen MR) is 76.3 cm³/mol. The summed E-state index contributed by atoms with van der Waals surface area (Å²) in [5, 5.41) is 0. The number of carbonyl (C=O) groups excluding carboxylic acids is 1. The molecule has 1 atom stereocenters. The van der Waals surface area contributed by atoms with Gasteiger partial charge in [-0.1, -0.05) is 0 Å². The second-order valence-electron chi connectivity index (χ2n) is 5.66. The number of anilines is 1. The molecule has 0 unspecified atom stereocenters. The highest BCUT2D eigenvalue weighted by atomic mass is 19.1. The van der Waals surface area contributed by atoms with Crippen molar-refractivity contribution in [3.8, 4) is 0 Å². The first-order chi connectivity index (χ1) is 9.65. The number of hydrogen-bond donors (Lipinski definition) is 1. The van der Waals surface area contributed by atoms with Crippen molar-refractivity contribution in [2.24, 2.45) is 5.73 Å². The van der Waals surface area contributed by atoms with Crippen LogP contribution in [0.1, 0.15) is 29.6 Å². The van der Waals surface area contributed by atoms with Crippen molar-refractivity contribution in [2.45, 2.75) is 25.3 Å². The van der Waals surface area contributed by atoms with E-state index in [9.17, 15) is 9.18 Å². The molecule has 0 aromatic heterocycles. The summed E-state index contributed by atoms with van der Waals surface area (Å²) in [4.78, 5) is 15.8. The molecule has 108 valence electrons. The molecule has 0 radical (unpaired) electrons. The molecule has 1 aromatic carbocycles. The van der Waals surface area contributed by atoms with Crippen molar-refractivity contribution < 1.29 is 9.18 Å². The van der Waals surface area contributed by atoms with Crippen LogP contribution in [0, 0.1) is 5.82 Å². The van der Waals surface area contributed by atoms with Gasteiger partial charge in [0.2, 0.25) is 0 Å². The zero-order valence-corrected chi connectivity index (χ0v) is 11.5. The Bertz CT molecular complexity index is 514. The number of halogens is 1. The Balaban J connectivity index is 1.71. The van der Waals surface area contributed by atoms with E-state index >= 15 is 0 Å². The fraction of sp³-hybridized carbons (Fsp3) is 0.533. The Morgan fingerprint density at radius 2 is 2.00 bits per heavy atom. The molecule has 3 rings (SSSR count). The van der Waals surface area contributed by atoms with Gasteiger partial charge in [-0.15, -0.1) is 0 Å². The summed E-state index contributed by atoms with van der Waals surface area (Å²) in [6.45, 7) is 4.26. The van der Waals surface area contributed by atoms with Crippen LogP contribution in [0.4, 0.5) is 10.1 Å². The number of amides is 1. The number of primary amides is 1. The summed E-state index contributed by atoms with van der Waals surface area (Å²) in [6.07, 6.45) is 3.70. The molecule has 20 heavy (non-hydrogen) atoms. The highest BCUT2D eigenvalue weighted by Gasteiger charge is 2.29. The lowest BCUT2D eigenvalue weighted by molar-refractivity contribution is 0.0996. The van der Waals surface area contributed by atoms with Gasteiger partial charge in [0.15, 0.2) is 0 Å². The van der Waals surface area contributed by atoms with E-state index in [4.69, 9.17) is 5.73 Å². The molecule has 4 nitrogen and oxygen atoms in total. The fourth-order valence-electron chi connectivity index (χ4n) is 3.28. The quantitative estimate of drug-likeness (QED) is 0.913. The predicted octanol–water partition coefficient (Wildman–Crippen LogP) is 1.60. The van der Waals surface area contributed by atoms with Gasteiger partial charge >= 0.3 is 0 Å². The summed E-state index contributed by atoms with van der Waals surface area (Å²) < 4.78 is 13.8. The maximum absolute atomic E-state index is 13.8. The zero-order chi connectivity index (χ0) is 14.1. The zero-order valence-electron chi connectivity index (χ0n) is 11.5. The van der Waals surface area contributed by atoms with Gasteiger partial charge in [-0.2, -0.15) is 0 Å². The van der Waals surface area contributed by atoms with Crippen molar-refractivity contribution in [1.29, 1.82) is 0 Å². The number of hydrogen-bond acceptors (Lipinski definition) is 3. The van der Waals surface area contributed by atoms with Crippen LogP contribution in [0.3, 0.4) is 0 Å². The first kappa shape index (κ1) is 13.4. The first-order valence-corrected chi connectivity index (χ1v) is 7.23. The molecule has 2 aliphatic rings. The van der Waals surface area contributed by atoms with Crippen molar-refractivity contribution in [3.63, 3.8) is 0 Å². The van der Waals surface area contributed by atoms with Gasteiger partial charge in [-0.3, -0.25) is 9.69 Å². The highest BCUT2D eigenvalue weighted by molar-refractivity contribution is 5.93. The molecule has 2 fully saturated rings. The van der Waals surface area contributed by atoms with Crippen molar-refractivity contribution in [1.82, 2.24) is 4.90 Å². The van der Waals surface area contributed by atoms with E-state index in [-0.39, 0.29) is 5.56 Å². The molecule has 5 heteroatoms. The normalized spacial score (nSPS) is 23.4. The SMILES string of the molecule is NC(=O)c1ccc(N2CC[C@H](N3CCCC3)C2)cc1F. The summed E-state index contributed by atoms with van der Waals surface area (Å²) in [7, 11) is 0. The van der Waals surface area contributed by atoms with Gasteiger partial charge in [-0.25, -0.2) is 4.39 Å². The summed E-state index contributed by atoms with van der Waals surface area (Å²) in [5.74, 6) is -1.25. The topological polar surface area (TPSA) is 49.6 Å². The molecule has 2 saturated heterocycles. The van der Waals surface area contributed by atoms with Gasteiger partial charge < -0.3 is 10.6 Å². The highest BCUT2D eigenvalue weighted by Crippen LogP contribution is 2.26. The second kappa shape index (κ2) is 5.40. The lowest BCUT2D eigenvalue weighted by Gasteiger charge is -2.24.